The number of nitriles is 1. The highest BCUT2D eigenvalue weighted by atomic mass is 15.3. The van der Waals surface area contributed by atoms with Gasteiger partial charge < -0.3 is 0 Å². The lowest BCUT2D eigenvalue weighted by Gasteiger charge is -2.05. The van der Waals surface area contributed by atoms with Crippen LogP contribution in [0, 0.1) is 25.2 Å². The van der Waals surface area contributed by atoms with E-state index in [1.54, 1.807) is 0 Å². The molecule has 0 aliphatic rings. The molecule has 0 amide bonds. The predicted octanol–water partition coefficient (Wildman–Crippen LogP) is 2.92. The van der Waals surface area contributed by atoms with Gasteiger partial charge in [0.2, 0.25) is 0 Å². The Morgan fingerprint density at radius 2 is 1.88 bits per heavy atom. The highest BCUT2D eigenvalue weighted by molar-refractivity contribution is 5.43. The molecule has 2 aromatic rings. The van der Waals surface area contributed by atoms with Gasteiger partial charge in [-0.05, 0) is 38.0 Å². The summed E-state index contributed by atoms with van der Waals surface area (Å²) in [6.45, 7) is 5.92. The molecule has 0 bridgehead atoms. The summed E-state index contributed by atoms with van der Waals surface area (Å²) in [5, 5.41) is 13.4. The van der Waals surface area contributed by atoms with Gasteiger partial charge in [0.1, 0.15) is 6.07 Å². The Bertz CT molecular complexity index is 571. The Kier molecular flexibility index (Phi) is 2.97. The van der Waals surface area contributed by atoms with Crippen LogP contribution >= 0.6 is 0 Å². The van der Waals surface area contributed by atoms with E-state index < -0.39 is 0 Å². The van der Waals surface area contributed by atoms with Gasteiger partial charge in [-0.25, -0.2) is 4.68 Å². The predicted molar refractivity (Wildman–Crippen MR) is 67.1 cm³/mol. The first kappa shape index (κ1) is 11.4. The lowest BCUT2D eigenvalue weighted by atomic mass is 10.1. The van der Waals surface area contributed by atoms with Gasteiger partial charge in [0.15, 0.2) is 0 Å². The number of aryl methyl sites for hydroxylation is 2. The molecule has 3 heteroatoms. The molecule has 0 saturated heterocycles. The van der Waals surface area contributed by atoms with Gasteiger partial charge >= 0.3 is 0 Å². The molecule has 0 fully saturated rings. The second-order valence-corrected chi connectivity index (χ2v) is 4.09. The zero-order valence-corrected chi connectivity index (χ0v) is 10.4. The summed E-state index contributed by atoms with van der Waals surface area (Å²) < 4.78 is 1.83. The highest BCUT2D eigenvalue weighted by Crippen LogP contribution is 2.17. The molecule has 1 aromatic carbocycles. The third-order valence-corrected chi connectivity index (χ3v) is 2.99. The largest absolute Gasteiger partial charge is 0.236 e. The summed E-state index contributed by atoms with van der Waals surface area (Å²) in [5.74, 6) is 0. The first-order valence-corrected chi connectivity index (χ1v) is 5.73. The molecule has 2 rings (SSSR count). The van der Waals surface area contributed by atoms with E-state index in [1.165, 1.54) is 5.56 Å². The minimum atomic E-state index is 0.671. The average Bonchev–Trinajstić information content (AvgIpc) is 2.64. The zero-order chi connectivity index (χ0) is 12.4. The van der Waals surface area contributed by atoms with Gasteiger partial charge in [0.05, 0.1) is 22.6 Å². The standard InChI is InChI=1S/C14H15N3/c1-4-12-5-7-13(8-6-12)17-11(3)14(9-15)10(2)16-17/h5-8H,4H2,1-3H3. The van der Waals surface area contributed by atoms with Crippen molar-refractivity contribution in [1.82, 2.24) is 9.78 Å². The highest BCUT2D eigenvalue weighted by Gasteiger charge is 2.11. The second kappa shape index (κ2) is 4.42. The van der Waals surface area contributed by atoms with E-state index in [1.807, 2.05) is 30.7 Å². The maximum absolute atomic E-state index is 9.04. The molecule has 3 nitrogen and oxygen atoms in total. The Balaban J connectivity index is 2.50. The van der Waals surface area contributed by atoms with Crippen molar-refractivity contribution in [2.75, 3.05) is 0 Å². The zero-order valence-electron chi connectivity index (χ0n) is 10.4. The van der Waals surface area contributed by atoms with Crippen molar-refractivity contribution in [3.63, 3.8) is 0 Å². The van der Waals surface area contributed by atoms with Gasteiger partial charge in [-0.3, -0.25) is 0 Å². The fraction of sp³-hybridized carbons (Fsp3) is 0.286. The van der Waals surface area contributed by atoms with Crippen LogP contribution in [0.4, 0.5) is 0 Å². The van der Waals surface area contributed by atoms with Gasteiger partial charge in [-0.2, -0.15) is 10.4 Å². The van der Waals surface area contributed by atoms with Crippen molar-refractivity contribution in [2.24, 2.45) is 0 Å². The molecule has 86 valence electrons. The van der Waals surface area contributed by atoms with Crippen LogP contribution in [-0.4, -0.2) is 9.78 Å². The van der Waals surface area contributed by atoms with Gasteiger partial charge in [-0.1, -0.05) is 19.1 Å². The van der Waals surface area contributed by atoms with Crippen LogP contribution in [0.3, 0.4) is 0 Å². The molecule has 1 aromatic heterocycles. The quantitative estimate of drug-likeness (QED) is 0.788. The number of aromatic nitrogens is 2. The average molecular weight is 225 g/mol. The topological polar surface area (TPSA) is 41.6 Å². The number of rotatable bonds is 2. The summed E-state index contributed by atoms with van der Waals surface area (Å²) in [6, 6.07) is 10.5. The number of benzene rings is 1. The van der Waals surface area contributed by atoms with E-state index in [-0.39, 0.29) is 0 Å². The number of hydrogen-bond acceptors (Lipinski definition) is 2. The molecule has 0 unspecified atom stereocenters. The first-order valence-electron chi connectivity index (χ1n) is 5.73. The monoisotopic (exact) mass is 225 g/mol. The van der Waals surface area contributed by atoms with E-state index in [0.717, 1.165) is 23.5 Å². The maximum atomic E-state index is 9.04. The normalized spacial score (nSPS) is 10.2. The van der Waals surface area contributed by atoms with Crippen molar-refractivity contribution in [1.29, 1.82) is 5.26 Å². The first-order chi connectivity index (χ1) is 8.17. The molecular formula is C14H15N3. The number of hydrogen-bond donors (Lipinski definition) is 0. The molecule has 17 heavy (non-hydrogen) atoms. The second-order valence-electron chi connectivity index (χ2n) is 4.09. The fourth-order valence-corrected chi connectivity index (χ4v) is 1.93. The minimum absolute atomic E-state index is 0.671. The lowest BCUT2D eigenvalue weighted by molar-refractivity contribution is 0.832. The van der Waals surface area contributed by atoms with Crippen LogP contribution in [0.15, 0.2) is 24.3 Å². The van der Waals surface area contributed by atoms with Gasteiger partial charge in [0, 0.05) is 0 Å². The van der Waals surface area contributed by atoms with Crippen LogP contribution in [0.5, 0.6) is 0 Å². The molecular weight excluding hydrogens is 210 g/mol. The van der Waals surface area contributed by atoms with Crippen molar-refractivity contribution in [3.8, 4) is 11.8 Å². The van der Waals surface area contributed by atoms with Crippen molar-refractivity contribution in [2.45, 2.75) is 27.2 Å². The molecule has 0 atom stereocenters. The summed E-state index contributed by atoms with van der Waals surface area (Å²) in [7, 11) is 0. The molecule has 0 spiro atoms. The minimum Gasteiger partial charge on any atom is -0.236 e. The van der Waals surface area contributed by atoms with E-state index in [2.05, 4.69) is 30.2 Å². The van der Waals surface area contributed by atoms with Crippen LogP contribution in [0.1, 0.15) is 29.4 Å². The lowest BCUT2D eigenvalue weighted by Crippen LogP contribution is -1.99. The maximum Gasteiger partial charge on any atom is 0.103 e. The summed E-state index contributed by atoms with van der Waals surface area (Å²) in [5.41, 5.74) is 4.66. The van der Waals surface area contributed by atoms with Crippen LogP contribution < -0.4 is 0 Å². The van der Waals surface area contributed by atoms with E-state index >= 15 is 0 Å². The Morgan fingerprint density at radius 1 is 1.24 bits per heavy atom. The van der Waals surface area contributed by atoms with Crippen LogP contribution in [0.2, 0.25) is 0 Å². The van der Waals surface area contributed by atoms with Crippen LogP contribution in [-0.2, 0) is 6.42 Å². The summed E-state index contributed by atoms with van der Waals surface area (Å²) in [4.78, 5) is 0. The Morgan fingerprint density at radius 3 is 2.35 bits per heavy atom. The smallest absolute Gasteiger partial charge is 0.103 e. The van der Waals surface area contributed by atoms with E-state index in [0.29, 0.717) is 5.56 Å². The third-order valence-electron chi connectivity index (χ3n) is 2.99. The molecule has 0 aliphatic heterocycles. The van der Waals surface area contributed by atoms with E-state index in [9.17, 15) is 0 Å². The van der Waals surface area contributed by atoms with Crippen LogP contribution in [0.25, 0.3) is 5.69 Å². The molecule has 0 aliphatic carbocycles. The molecule has 0 radical (unpaired) electrons. The van der Waals surface area contributed by atoms with E-state index in [4.69, 9.17) is 5.26 Å². The van der Waals surface area contributed by atoms with Crippen molar-refractivity contribution >= 4 is 0 Å². The van der Waals surface area contributed by atoms with Gasteiger partial charge in [0.25, 0.3) is 0 Å². The third kappa shape index (κ3) is 1.94. The van der Waals surface area contributed by atoms with Gasteiger partial charge in [-0.15, -0.1) is 0 Å². The Labute approximate surface area is 101 Å². The summed E-state index contributed by atoms with van der Waals surface area (Å²) >= 11 is 0. The van der Waals surface area contributed by atoms with Crippen molar-refractivity contribution in [3.05, 3.63) is 46.8 Å². The Hall–Kier alpha value is -2.08. The van der Waals surface area contributed by atoms with Crippen molar-refractivity contribution < 1.29 is 0 Å². The molecule has 0 saturated carbocycles. The SMILES string of the molecule is CCc1ccc(-n2nc(C)c(C#N)c2C)cc1. The summed E-state index contributed by atoms with van der Waals surface area (Å²) in [6.07, 6.45) is 1.03. The molecule has 1 heterocycles. The molecule has 0 N–H and O–H groups in total. The number of nitrogens with zero attached hydrogens (tertiary/aromatic N) is 3. The fourth-order valence-electron chi connectivity index (χ4n) is 1.93.